The molecule has 8 heteroatoms. The number of nitrogens with zero attached hydrogens (tertiary/aromatic N) is 2. The highest BCUT2D eigenvalue weighted by atomic mass is 35.5. The Labute approximate surface area is 154 Å². The number of benzene rings is 1. The van der Waals surface area contributed by atoms with Gasteiger partial charge in [0, 0.05) is 24.3 Å². The van der Waals surface area contributed by atoms with Gasteiger partial charge in [0.25, 0.3) is 5.91 Å². The van der Waals surface area contributed by atoms with E-state index >= 15 is 0 Å². The third-order valence-corrected chi connectivity index (χ3v) is 4.23. The van der Waals surface area contributed by atoms with Crippen LogP contribution in [0, 0.1) is 0 Å². The number of halogens is 3. The fourth-order valence-electron chi connectivity index (χ4n) is 2.65. The molecule has 0 spiro atoms. The minimum Gasteiger partial charge on any atom is -0.493 e. The first-order valence-corrected chi connectivity index (χ1v) is 8.40. The predicted molar refractivity (Wildman–Crippen MR) is 91.8 cm³/mol. The summed E-state index contributed by atoms with van der Waals surface area (Å²) in [5.41, 5.74) is 1.21. The number of hydrogen-bond donors (Lipinski definition) is 0. The van der Waals surface area contributed by atoms with Gasteiger partial charge in [-0.1, -0.05) is 17.7 Å². The second kappa shape index (κ2) is 7.86. The SMILES string of the molecule is COc1cc(CN(C(=O)c2ccnc(Cl)c2)C2CC2)ccc1OC(F)F. The summed E-state index contributed by atoms with van der Waals surface area (Å²) in [7, 11) is 1.38. The third kappa shape index (κ3) is 4.40. The number of hydrogen-bond acceptors (Lipinski definition) is 4. The quantitative estimate of drug-likeness (QED) is 0.675. The van der Waals surface area contributed by atoms with Crippen LogP contribution in [-0.2, 0) is 6.54 Å². The van der Waals surface area contributed by atoms with Gasteiger partial charge in [0.1, 0.15) is 5.15 Å². The Kier molecular flexibility index (Phi) is 5.56. The molecule has 1 aromatic heterocycles. The lowest BCUT2D eigenvalue weighted by Gasteiger charge is -2.23. The van der Waals surface area contributed by atoms with Gasteiger partial charge in [0.15, 0.2) is 11.5 Å². The Hall–Kier alpha value is -2.41. The molecule has 0 N–H and O–H groups in total. The van der Waals surface area contributed by atoms with Crippen LogP contribution in [0.3, 0.4) is 0 Å². The van der Waals surface area contributed by atoms with Crippen molar-refractivity contribution in [3.05, 3.63) is 52.8 Å². The number of pyridine rings is 1. The Balaban J connectivity index is 1.81. The number of rotatable bonds is 7. The summed E-state index contributed by atoms with van der Waals surface area (Å²) in [6, 6.07) is 7.95. The molecular formula is C18H17ClF2N2O3. The third-order valence-electron chi connectivity index (χ3n) is 4.02. The summed E-state index contributed by atoms with van der Waals surface area (Å²) >= 11 is 5.87. The normalized spacial score (nSPS) is 13.6. The lowest BCUT2D eigenvalue weighted by atomic mass is 10.1. The Morgan fingerprint density at radius 1 is 1.31 bits per heavy atom. The van der Waals surface area contributed by atoms with E-state index in [2.05, 4.69) is 9.72 Å². The molecule has 26 heavy (non-hydrogen) atoms. The molecule has 138 valence electrons. The lowest BCUT2D eigenvalue weighted by Crippen LogP contribution is -2.32. The molecule has 1 amide bonds. The van der Waals surface area contributed by atoms with E-state index in [4.69, 9.17) is 16.3 Å². The molecule has 0 saturated heterocycles. The zero-order valence-electron chi connectivity index (χ0n) is 14.0. The van der Waals surface area contributed by atoms with Gasteiger partial charge in [-0.3, -0.25) is 4.79 Å². The van der Waals surface area contributed by atoms with Crippen LogP contribution in [0.15, 0.2) is 36.5 Å². The Bertz CT molecular complexity index is 800. The van der Waals surface area contributed by atoms with Crippen LogP contribution in [0.2, 0.25) is 5.15 Å². The maximum absolute atomic E-state index is 12.8. The van der Waals surface area contributed by atoms with E-state index in [1.54, 1.807) is 23.1 Å². The van der Waals surface area contributed by atoms with E-state index in [1.807, 2.05) is 0 Å². The van der Waals surface area contributed by atoms with E-state index in [0.29, 0.717) is 12.1 Å². The van der Waals surface area contributed by atoms with Crippen LogP contribution in [-0.4, -0.2) is 35.6 Å². The average molecular weight is 383 g/mol. The van der Waals surface area contributed by atoms with Crippen molar-refractivity contribution in [2.45, 2.75) is 32.0 Å². The summed E-state index contributed by atoms with van der Waals surface area (Å²) in [5, 5.41) is 0.252. The average Bonchev–Trinajstić information content (AvgIpc) is 3.44. The van der Waals surface area contributed by atoms with Crippen molar-refractivity contribution in [3.63, 3.8) is 0 Å². The van der Waals surface area contributed by atoms with Crippen LogP contribution in [0.1, 0.15) is 28.8 Å². The van der Waals surface area contributed by atoms with Gasteiger partial charge in [-0.25, -0.2) is 4.98 Å². The van der Waals surface area contributed by atoms with Crippen molar-refractivity contribution in [1.29, 1.82) is 0 Å². The molecule has 1 aliphatic carbocycles. The molecule has 5 nitrogen and oxygen atoms in total. The molecule has 1 heterocycles. The minimum atomic E-state index is -2.93. The van der Waals surface area contributed by atoms with Crippen LogP contribution in [0.4, 0.5) is 8.78 Å². The zero-order valence-corrected chi connectivity index (χ0v) is 14.7. The first kappa shape index (κ1) is 18.4. The van der Waals surface area contributed by atoms with E-state index < -0.39 is 6.61 Å². The van der Waals surface area contributed by atoms with Crippen LogP contribution >= 0.6 is 11.6 Å². The maximum atomic E-state index is 12.8. The molecule has 1 saturated carbocycles. The van der Waals surface area contributed by atoms with E-state index in [9.17, 15) is 13.6 Å². The van der Waals surface area contributed by atoms with Gasteiger partial charge < -0.3 is 14.4 Å². The summed E-state index contributed by atoms with van der Waals surface area (Å²) < 4.78 is 34.4. The van der Waals surface area contributed by atoms with Crippen molar-refractivity contribution in [2.75, 3.05) is 7.11 Å². The van der Waals surface area contributed by atoms with Crippen LogP contribution in [0.25, 0.3) is 0 Å². The predicted octanol–water partition coefficient (Wildman–Crippen LogP) is 4.15. The smallest absolute Gasteiger partial charge is 0.387 e. The molecule has 0 bridgehead atoms. The van der Waals surface area contributed by atoms with Gasteiger partial charge >= 0.3 is 6.61 Å². The van der Waals surface area contributed by atoms with Gasteiger partial charge in [0.2, 0.25) is 0 Å². The maximum Gasteiger partial charge on any atom is 0.387 e. The molecule has 1 aliphatic rings. The number of carbonyl (C=O) groups excluding carboxylic acids is 1. The second-order valence-electron chi connectivity index (χ2n) is 5.90. The topological polar surface area (TPSA) is 51.7 Å². The summed E-state index contributed by atoms with van der Waals surface area (Å²) in [6.45, 7) is -2.61. The first-order valence-electron chi connectivity index (χ1n) is 8.02. The monoisotopic (exact) mass is 382 g/mol. The van der Waals surface area contributed by atoms with Gasteiger partial charge in [-0.15, -0.1) is 0 Å². The largest absolute Gasteiger partial charge is 0.493 e. The highest BCUT2D eigenvalue weighted by Crippen LogP contribution is 2.33. The number of methoxy groups -OCH3 is 1. The second-order valence-corrected chi connectivity index (χ2v) is 6.28. The number of aromatic nitrogens is 1. The van der Waals surface area contributed by atoms with Gasteiger partial charge in [0.05, 0.1) is 7.11 Å². The molecule has 2 aromatic rings. The molecule has 3 rings (SSSR count). The van der Waals surface area contributed by atoms with Crippen LogP contribution < -0.4 is 9.47 Å². The first-order chi connectivity index (χ1) is 12.5. The van der Waals surface area contributed by atoms with Crippen molar-refractivity contribution in [3.8, 4) is 11.5 Å². The number of carbonyl (C=O) groups is 1. The van der Waals surface area contributed by atoms with Crippen LogP contribution in [0.5, 0.6) is 11.5 Å². The van der Waals surface area contributed by atoms with E-state index in [1.165, 1.54) is 25.4 Å². The van der Waals surface area contributed by atoms with Crippen molar-refractivity contribution < 1.29 is 23.0 Å². The molecule has 0 aliphatic heterocycles. The summed E-state index contributed by atoms with van der Waals surface area (Å²) in [4.78, 5) is 18.5. The molecule has 0 atom stereocenters. The lowest BCUT2D eigenvalue weighted by molar-refractivity contribution is -0.0512. The van der Waals surface area contributed by atoms with E-state index in [-0.39, 0.29) is 28.6 Å². The standard InChI is InChI=1S/C18H17ClF2N2O3/c1-25-15-8-11(2-5-14(15)26-18(20)21)10-23(13-3-4-13)17(24)12-6-7-22-16(19)9-12/h2,5-9,13,18H,3-4,10H2,1H3. The van der Waals surface area contributed by atoms with Crippen molar-refractivity contribution >= 4 is 17.5 Å². The molecule has 0 unspecified atom stereocenters. The fraction of sp³-hybridized carbons (Fsp3) is 0.333. The zero-order chi connectivity index (χ0) is 18.7. The number of amides is 1. The molecule has 0 radical (unpaired) electrons. The Morgan fingerprint density at radius 2 is 2.08 bits per heavy atom. The number of ether oxygens (including phenoxy) is 2. The summed E-state index contributed by atoms with van der Waals surface area (Å²) in [5.74, 6) is -0.00177. The Morgan fingerprint density at radius 3 is 2.69 bits per heavy atom. The fourth-order valence-corrected chi connectivity index (χ4v) is 2.83. The molecular weight excluding hydrogens is 366 g/mol. The highest BCUT2D eigenvalue weighted by Gasteiger charge is 2.33. The van der Waals surface area contributed by atoms with E-state index in [0.717, 1.165) is 18.4 Å². The number of alkyl halides is 2. The summed E-state index contributed by atoms with van der Waals surface area (Å²) in [6.07, 6.45) is 3.34. The van der Waals surface area contributed by atoms with Crippen molar-refractivity contribution in [2.24, 2.45) is 0 Å². The highest BCUT2D eigenvalue weighted by molar-refractivity contribution is 6.29. The molecule has 1 aromatic carbocycles. The molecule has 1 fully saturated rings. The van der Waals surface area contributed by atoms with Gasteiger partial charge in [-0.2, -0.15) is 8.78 Å². The van der Waals surface area contributed by atoms with Crippen molar-refractivity contribution in [1.82, 2.24) is 9.88 Å². The van der Waals surface area contributed by atoms with Gasteiger partial charge in [-0.05, 0) is 42.7 Å². The minimum absolute atomic E-state index is 0.0449.